The molecule has 0 radical (unpaired) electrons. The van der Waals surface area contributed by atoms with Crippen LogP contribution in [-0.2, 0) is 20.5 Å². The first-order chi connectivity index (χ1) is 21.7. The molecule has 246 valence electrons. The number of cyclic esters (lactones) is 1. The number of ether oxygens (including phenoxy) is 2. The molecule has 1 saturated carbocycles. The molecule has 46 heavy (non-hydrogen) atoms. The summed E-state index contributed by atoms with van der Waals surface area (Å²) in [4.78, 5) is 40.7. The Morgan fingerprint density at radius 1 is 1.20 bits per heavy atom. The molecule has 5 atom stereocenters. The highest BCUT2D eigenvalue weighted by Crippen LogP contribution is 2.39. The first-order valence-corrected chi connectivity index (χ1v) is 16.9. The summed E-state index contributed by atoms with van der Waals surface area (Å²) in [5.74, 6) is 0.226. The zero-order valence-corrected chi connectivity index (χ0v) is 28.0. The fourth-order valence-corrected chi connectivity index (χ4v) is 6.54. The van der Waals surface area contributed by atoms with E-state index in [-0.39, 0.29) is 24.0 Å². The highest BCUT2D eigenvalue weighted by Gasteiger charge is 2.48. The second kappa shape index (κ2) is 11.8. The molecular formula is C33H41FN6O5S. The maximum Gasteiger partial charge on any atom is 0.340 e. The van der Waals surface area contributed by atoms with Crippen molar-refractivity contribution in [3.63, 3.8) is 0 Å². The lowest BCUT2D eigenvalue weighted by atomic mass is 9.84. The van der Waals surface area contributed by atoms with Gasteiger partial charge in [-0.3, -0.25) is 4.79 Å². The van der Waals surface area contributed by atoms with Gasteiger partial charge in [0.1, 0.15) is 29.5 Å². The van der Waals surface area contributed by atoms with Gasteiger partial charge in [0.15, 0.2) is 0 Å². The van der Waals surface area contributed by atoms with E-state index >= 15 is 0 Å². The Labute approximate surface area is 270 Å². The van der Waals surface area contributed by atoms with E-state index in [1.54, 1.807) is 29.4 Å². The number of anilines is 2. The number of pyridine rings is 3. The molecule has 3 aliphatic rings. The third kappa shape index (κ3) is 6.18. The molecule has 1 amide bonds. The van der Waals surface area contributed by atoms with Crippen LogP contribution >= 0.6 is 0 Å². The van der Waals surface area contributed by atoms with Crippen LogP contribution in [0.5, 0.6) is 5.88 Å². The SMILES string of the molecule is CC[C@@H](N[S@@](=O)C(C)(C)C)c1cnc(OC2CN(C(=O)[C@@H]3C[C@@H]3F)C2)c2cnc(Nc3ccc4c(n3)[C@@H](C)C(C)(C)OC4=O)cc12. The van der Waals surface area contributed by atoms with E-state index in [9.17, 15) is 18.2 Å². The number of alkyl halides is 1. The van der Waals surface area contributed by atoms with Gasteiger partial charge < -0.3 is 19.7 Å². The molecule has 2 N–H and O–H groups in total. The van der Waals surface area contributed by atoms with Gasteiger partial charge in [-0.25, -0.2) is 33.1 Å². The van der Waals surface area contributed by atoms with Gasteiger partial charge in [0.25, 0.3) is 0 Å². The van der Waals surface area contributed by atoms with Crippen LogP contribution < -0.4 is 14.8 Å². The Balaban J connectivity index is 1.31. The molecule has 11 nitrogen and oxygen atoms in total. The highest BCUT2D eigenvalue weighted by molar-refractivity contribution is 7.84. The number of nitrogens with one attached hydrogen (secondary N) is 2. The van der Waals surface area contributed by atoms with Crippen LogP contribution in [0.3, 0.4) is 0 Å². The Kier molecular flexibility index (Phi) is 8.29. The number of likely N-dealkylation sites (tertiary alicyclic amines) is 1. The summed E-state index contributed by atoms with van der Waals surface area (Å²) in [6.07, 6.45) is 3.05. The van der Waals surface area contributed by atoms with Gasteiger partial charge in [0.2, 0.25) is 11.8 Å². The summed E-state index contributed by atoms with van der Waals surface area (Å²) in [5.41, 5.74) is 1.24. The fraction of sp³-hybridized carbons (Fsp3) is 0.545. The van der Waals surface area contributed by atoms with E-state index in [0.29, 0.717) is 60.1 Å². The van der Waals surface area contributed by atoms with Gasteiger partial charge in [-0.2, -0.15) is 0 Å². The number of rotatable bonds is 9. The van der Waals surface area contributed by atoms with E-state index in [4.69, 9.17) is 14.5 Å². The molecule has 0 spiro atoms. The Hall–Kier alpha value is -3.71. The van der Waals surface area contributed by atoms with Crippen molar-refractivity contribution in [2.75, 3.05) is 18.4 Å². The standard InChI is InChI=1S/C33H41FN6O5S/c1-8-25(39-46(43)32(3,4)5)22-13-36-29(44-18-15-40(16-18)30(41)21-11-24(21)34)23-14-35-27(12-20(22)23)37-26-10-9-19-28(38-26)17(2)33(6,7)45-31(19)42/h9-10,12-14,17-18,21,24-25,39H,8,11,15-16H2,1-7H3,(H,35,37,38)/t17-,21-,24+,25-,46+/m1/s1. The van der Waals surface area contributed by atoms with Gasteiger partial charge in [-0.1, -0.05) is 13.8 Å². The lowest BCUT2D eigenvalue weighted by Gasteiger charge is -2.39. The number of carbonyl (C=O) groups is 2. The number of carbonyl (C=O) groups excluding carboxylic acids is 2. The largest absolute Gasteiger partial charge is 0.470 e. The normalized spacial score (nSPS) is 23.6. The van der Waals surface area contributed by atoms with Crippen LogP contribution in [0.15, 0.2) is 30.6 Å². The van der Waals surface area contributed by atoms with Gasteiger partial charge in [-0.15, -0.1) is 0 Å². The van der Waals surface area contributed by atoms with Crippen LogP contribution in [-0.4, -0.2) is 71.7 Å². The molecule has 3 aromatic heterocycles. The number of hydrogen-bond donors (Lipinski definition) is 2. The number of aromatic nitrogens is 3. The van der Waals surface area contributed by atoms with Crippen molar-refractivity contribution < 1.29 is 27.7 Å². The third-order valence-electron chi connectivity index (χ3n) is 9.03. The molecule has 0 unspecified atom stereocenters. The van der Waals surface area contributed by atoms with Crippen molar-refractivity contribution in [3.8, 4) is 5.88 Å². The Morgan fingerprint density at radius 3 is 2.57 bits per heavy atom. The van der Waals surface area contributed by atoms with Crippen molar-refractivity contribution in [1.29, 1.82) is 0 Å². The Morgan fingerprint density at radius 2 is 1.91 bits per heavy atom. The minimum Gasteiger partial charge on any atom is -0.470 e. The summed E-state index contributed by atoms with van der Waals surface area (Å²) >= 11 is 0. The van der Waals surface area contributed by atoms with Gasteiger partial charge in [0, 0.05) is 24.4 Å². The average molecular weight is 653 g/mol. The van der Waals surface area contributed by atoms with Crippen LogP contribution in [0.2, 0.25) is 0 Å². The molecular weight excluding hydrogens is 611 g/mol. The summed E-state index contributed by atoms with van der Waals surface area (Å²) in [5, 5.41) is 4.75. The zero-order chi connectivity index (χ0) is 33.1. The quantitative estimate of drug-likeness (QED) is 0.296. The van der Waals surface area contributed by atoms with Crippen LogP contribution in [0.4, 0.5) is 16.0 Å². The second-order valence-corrected chi connectivity index (χ2v) is 15.9. The molecule has 2 fully saturated rings. The molecule has 5 heterocycles. The molecule has 6 rings (SSSR count). The van der Waals surface area contributed by atoms with Gasteiger partial charge >= 0.3 is 5.97 Å². The summed E-state index contributed by atoms with van der Waals surface area (Å²) in [6.45, 7) is 14.2. The van der Waals surface area contributed by atoms with Crippen molar-refractivity contribution in [1.82, 2.24) is 24.6 Å². The molecule has 13 heteroatoms. The number of fused-ring (bicyclic) bond motifs is 2. The zero-order valence-electron chi connectivity index (χ0n) is 27.2. The topological polar surface area (TPSA) is 136 Å². The van der Waals surface area contributed by atoms with Crippen molar-refractivity contribution in [3.05, 3.63) is 47.4 Å². The van der Waals surface area contributed by atoms with Crippen molar-refractivity contribution in [2.45, 2.75) is 95.9 Å². The number of nitrogens with zero attached hydrogens (tertiary/aromatic N) is 4. The van der Waals surface area contributed by atoms with Crippen LogP contribution in [0, 0.1) is 5.92 Å². The average Bonchev–Trinajstić information content (AvgIpc) is 3.71. The fourth-order valence-electron chi connectivity index (χ4n) is 5.64. The lowest BCUT2D eigenvalue weighted by Crippen LogP contribution is -2.56. The summed E-state index contributed by atoms with van der Waals surface area (Å²) in [6, 6.07) is 5.04. The highest BCUT2D eigenvalue weighted by atomic mass is 32.2. The molecule has 1 aliphatic carbocycles. The second-order valence-electron chi connectivity index (χ2n) is 13.9. The maximum absolute atomic E-state index is 13.4. The molecule has 1 saturated heterocycles. The number of halogens is 1. The van der Waals surface area contributed by atoms with Crippen LogP contribution in [0.25, 0.3) is 10.8 Å². The molecule has 2 aliphatic heterocycles. The summed E-state index contributed by atoms with van der Waals surface area (Å²) in [7, 11) is -1.33. The smallest absolute Gasteiger partial charge is 0.340 e. The summed E-state index contributed by atoms with van der Waals surface area (Å²) < 4.78 is 41.2. The molecule has 0 aromatic carbocycles. The van der Waals surface area contributed by atoms with Crippen molar-refractivity contribution in [2.24, 2.45) is 5.92 Å². The van der Waals surface area contributed by atoms with E-state index in [1.165, 1.54) is 0 Å². The molecule has 0 bridgehead atoms. The Bertz CT molecular complexity index is 1720. The van der Waals surface area contributed by atoms with Gasteiger partial charge in [0.05, 0.1) is 51.4 Å². The first kappa shape index (κ1) is 32.2. The number of esters is 1. The van der Waals surface area contributed by atoms with Crippen molar-refractivity contribution >= 4 is 45.3 Å². The van der Waals surface area contributed by atoms with E-state index in [2.05, 4.69) is 20.0 Å². The maximum atomic E-state index is 13.4. The third-order valence-corrected chi connectivity index (χ3v) is 10.6. The number of amides is 1. The first-order valence-electron chi connectivity index (χ1n) is 15.7. The minimum atomic E-state index is -1.33. The number of hydrogen-bond acceptors (Lipinski definition) is 9. The predicted octanol–water partition coefficient (Wildman–Crippen LogP) is 5.27. The van der Waals surface area contributed by atoms with E-state index in [0.717, 1.165) is 10.9 Å². The minimum absolute atomic E-state index is 0.121. The van der Waals surface area contributed by atoms with Gasteiger partial charge in [-0.05, 0) is 76.6 Å². The van der Waals surface area contributed by atoms with E-state index < -0.39 is 39.4 Å². The van der Waals surface area contributed by atoms with Crippen LogP contribution in [0.1, 0.15) is 94.9 Å². The predicted molar refractivity (Wildman–Crippen MR) is 173 cm³/mol. The van der Waals surface area contributed by atoms with E-state index in [1.807, 2.05) is 54.5 Å². The molecule has 3 aromatic rings. The monoisotopic (exact) mass is 652 g/mol. The lowest BCUT2D eigenvalue weighted by molar-refractivity contribution is -0.141.